The molecule has 5 nitrogen and oxygen atoms in total. The number of aromatic nitrogens is 4. The minimum Gasteiger partial charge on any atom is -0.287 e. The Morgan fingerprint density at radius 3 is 2.39 bits per heavy atom. The van der Waals surface area contributed by atoms with Crippen LogP contribution in [0.4, 0.5) is 13.2 Å². The van der Waals surface area contributed by atoms with Crippen LogP contribution in [0.1, 0.15) is 27.4 Å². The van der Waals surface area contributed by atoms with E-state index >= 15 is 0 Å². The van der Waals surface area contributed by atoms with Gasteiger partial charge in [0.2, 0.25) is 5.78 Å². The molecule has 0 atom stereocenters. The number of halogens is 3. The number of para-hydroxylation sites is 1. The Balaban J connectivity index is 2.04. The lowest BCUT2D eigenvalue weighted by Crippen LogP contribution is -2.13. The maximum absolute atomic E-state index is 13.5. The fourth-order valence-electron chi connectivity index (χ4n) is 3.00. The molecule has 0 saturated heterocycles. The molecule has 0 saturated carbocycles. The molecule has 0 N–H and O–H groups in total. The topological polar surface area (TPSA) is 60.7 Å². The summed E-state index contributed by atoms with van der Waals surface area (Å²) >= 11 is 0. The molecule has 3 heterocycles. The van der Waals surface area contributed by atoms with E-state index in [-0.39, 0.29) is 22.3 Å². The number of hydrogen-bond acceptors (Lipinski definition) is 4. The van der Waals surface area contributed by atoms with Gasteiger partial charge in [-0.25, -0.2) is 9.67 Å². The van der Waals surface area contributed by atoms with E-state index in [9.17, 15) is 18.0 Å². The Labute approximate surface area is 157 Å². The Hall–Kier alpha value is -3.55. The van der Waals surface area contributed by atoms with Crippen LogP contribution in [-0.2, 0) is 6.18 Å². The Morgan fingerprint density at radius 2 is 1.75 bits per heavy atom. The van der Waals surface area contributed by atoms with E-state index in [2.05, 4.69) is 15.1 Å². The van der Waals surface area contributed by atoms with Crippen LogP contribution in [0.2, 0.25) is 0 Å². The van der Waals surface area contributed by atoms with E-state index in [1.54, 1.807) is 49.4 Å². The van der Waals surface area contributed by atoms with E-state index in [0.29, 0.717) is 11.4 Å². The minimum atomic E-state index is -4.72. The highest BCUT2D eigenvalue weighted by Gasteiger charge is 2.35. The van der Waals surface area contributed by atoms with Crippen LogP contribution < -0.4 is 0 Å². The van der Waals surface area contributed by atoms with Crippen LogP contribution >= 0.6 is 0 Å². The number of ketones is 1. The van der Waals surface area contributed by atoms with Crippen LogP contribution in [0.15, 0.2) is 60.8 Å². The zero-order valence-electron chi connectivity index (χ0n) is 14.6. The molecule has 0 aliphatic carbocycles. The molecular formula is C20H13F3N4O. The fourth-order valence-corrected chi connectivity index (χ4v) is 3.00. The number of fused-ring (bicyclic) bond motifs is 1. The molecular weight excluding hydrogens is 369 g/mol. The number of carbonyl (C=O) groups is 1. The molecule has 1 aromatic carbocycles. The third-order valence-corrected chi connectivity index (χ3v) is 4.25. The van der Waals surface area contributed by atoms with Gasteiger partial charge in [0.05, 0.1) is 16.8 Å². The molecule has 0 amide bonds. The number of alkyl halides is 3. The van der Waals surface area contributed by atoms with Gasteiger partial charge < -0.3 is 0 Å². The van der Waals surface area contributed by atoms with E-state index in [1.165, 1.54) is 16.9 Å². The standard InChI is InChI=1S/C20H13F3N4O/c1-12-17-14(18(28)15-9-5-6-10-24-15)11-16(20(21,22)23)25-19(17)27(26-12)13-7-3-2-4-8-13/h2-11H,1H3. The summed E-state index contributed by atoms with van der Waals surface area (Å²) in [5, 5.41) is 4.60. The van der Waals surface area contributed by atoms with E-state index in [4.69, 9.17) is 0 Å². The van der Waals surface area contributed by atoms with Crippen molar-refractivity contribution in [3.8, 4) is 5.69 Å². The van der Waals surface area contributed by atoms with Gasteiger partial charge in [-0.3, -0.25) is 9.78 Å². The first kappa shape index (κ1) is 17.8. The normalized spacial score (nSPS) is 11.7. The van der Waals surface area contributed by atoms with Crippen molar-refractivity contribution < 1.29 is 18.0 Å². The van der Waals surface area contributed by atoms with E-state index in [1.807, 2.05) is 0 Å². The lowest BCUT2D eigenvalue weighted by molar-refractivity contribution is -0.141. The van der Waals surface area contributed by atoms with Crippen molar-refractivity contribution in [1.29, 1.82) is 0 Å². The summed E-state index contributed by atoms with van der Waals surface area (Å²) in [4.78, 5) is 20.7. The summed E-state index contributed by atoms with van der Waals surface area (Å²) < 4.78 is 41.8. The van der Waals surface area contributed by atoms with Gasteiger partial charge in [0.25, 0.3) is 0 Å². The quantitative estimate of drug-likeness (QED) is 0.494. The molecule has 0 bridgehead atoms. The molecule has 4 aromatic rings. The van der Waals surface area contributed by atoms with Crippen molar-refractivity contribution in [2.24, 2.45) is 0 Å². The number of pyridine rings is 2. The van der Waals surface area contributed by atoms with Gasteiger partial charge in [-0.15, -0.1) is 0 Å². The largest absolute Gasteiger partial charge is 0.433 e. The molecule has 140 valence electrons. The van der Waals surface area contributed by atoms with Crippen LogP contribution in [-0.4, -0.2) is 25.5 Å². The van der Waals surface area contributed by atoms with E-state index in [0.717, 1.165) is 6.07 Å². The Morgan fingerprint density at radius 1 is 1.04 bits per heavy atom. The van der Waals surface area contributed by atoms with Crippen molar-refractivity contribution in [2.45, 2.75) is 13.1 Å². The third-order valence-electron chi connectivity index (χ3n) is 4.25. The summed E-state index contributed by atoms with van der Waals surface area (Å²) in [6.07, 6.45) is -3.30. The highest BCUT2D eigenvalue weighted by atomic mass is 19.4. The highest BCUT2D eigenvalue weighted by Crippen LogP contribution is 2.33. The second-order valence-corrected chi connectivity index (χ2v) is 6.13. The van der Waals surface area contributed by atoms with Gasteiger partial charge in [-0.1, -0.05) is 24.3 Å². The second kappa shape index (κ2) is 6.56. The fraction of sp³-hybridized carbons (Fsp3) is 0.100. The SMILES string of the molecule is Cc1nn(-c2ccccc2)c2nc(C(F)(F)F)cc(C(=O)c3ccccn3)c12. The van der Waals surface area contributed by atoms with Gasteiger partial charge in [0.1, 0.15) is 11.4 Å². The van der Waals surface area contributed by atoms with Crippen molar-refractivity contribution >= 4 is 16.8 Å². The summed E-state index contributed by atoms with van der Waals surface area (Å²) in [6, 6.07) is 14.1. The highest BCUT2D eigenvalue weighted by molar-refractivity contribution is 6.15. The minimum absolute atomic E-state index is 0.0298. The van der Waals surface area contributed by atoms with Crippen molar-refractivity contribution in [1.82, 2.24) is 19.7 Å². The lowest BCUT2D eigenvalue weighted by Gasteiger charge is -2.10. The monoisotopic (exact) mass is 382 g/mol. The Bertz CT molecular complexity index is 1170. The predicted molar refractivity (Wildman–Crippen MR) is 96.3 cm³/mol. The number of benzene rings is 1. The Kier molecular flexibility index (Phi) is 4.18. The molecule has 8 heteroatoms. The zero-order valence-corrected chi connectivity index (χ0v) is 14.6. The average molecular weight is 382 g/mol. The van der Waals surface area contributed by atoms with E-state index < -0.39 is 17.7 Å². The van der Waals surface area contributed by atoms with Crippen LogP contribution in [0.5, 0.6) is 0 Å². The van der Waals surface area contributed by atoms with Crippen LogP contribution in [0, 0.1) is 6.92 Å². The second-order valence-electron chi connectivity index (χ2n) is 6.13. The summed E-state index contributed by atoms with van der Waals surface area (Å²) in [5.41, 5.74) is -0.317. The smallest absolute Gasteiger partial charge is 0.287 e. The maximum atomic E-state index is 13.5. The van der Waals surface area contributed by atoms with Gasteiger partial charge in [0, 0.05) is 11.8 Å². The van der Waals surface area contributed by atoms with Crippen molar-refractivity contribution in [2.75, 3.05) is 0 Å². The average Bonchev–Trinajstić information content (AvgIpc) is 3.04. The van der Waals surface area contributed by atoms with Gasteiger partial charge >= 0.3 is 6.18 Å². The van der Waals surface area contributed by atoms with Crippen molar-refractivity contribution in [3.63, 3.8) is 0 Å². The summed E-state index contributed by atoms with van der Waals surface area (Å²) in [7, 11) is 0. The number of nitrogens with zero attached hydrogens (tertiary/aromatic N) is 4. The third kappa shape index (κ3) is 3.02. The molecule has 0 aliphatic rings. The molecule has 0 fully saturated rings. The maximum Gasteiger partial charge on any atom is 0.433 e. The number of hydrogen-bond donors (Lipinski definition) is 0. The first-order chi connectivity index (χ1) is 13.4. The molecule has 0 radical (unpaired) electrons. The van der Waals surface area contributed by atoms with Crippen molar-refractivity contribution in [3.05, 3.63) is 83.4 Å². The predicted octanol–water partition coefficient (Wildman–Crippen LogP) is 4.37. The summed E-state index contributed by atoms with van der Waals surface area (Å²) in [5.74, 6) is -0.616. The molecule has 0 spiro atoms. The molecule has 0 unspecified atom stereocenters. The van der Waals surface area contributed by atoms with Gasteiger partial charge in [-0.05, 0) is 37.3 Å². The molecule has 4 rings (SSSR count). The molecule has 0 aliphatic heterocycles. The number of aryl methyl sites for hydroxylation is 1. The van der Waals surface area contributed by atoms with Gasteiger partial charge in [0.15, 0.2) is 5.65 Å². The molecule has 3 aromatic heterocycles. The van der Waals surface area contributed by atoms with Crippen LogP contribution in [0.3, 0.4) is 0 Å². The summed E-state index contributed by atoms with van der Waals surface area (Å²) in [6.45, 7) is 1.63. The number of carbonyl (C=O) groups excluding carboxylic acids is 1. The number of rotatable bonds is 3. The lowest BCUT2D eigenvalue weighted by atomic mass is 10.0. The van der Waals surface area contributed by atoms with Gasteiger partial charge in [-0.2, -0.15) is 18.3 Å². The first-order valence-electron chi connectivity index (χ1n) is 8.35. The molecule has 28 heavy (non-hydrogen) atoms. The van der Waals surface area contributed by atoms with Crippen LogP contribution in [0.25, 0.3) is 16.7 Å². The zero-order chi connectivity index (χ0) is 19.9. The first-order valence-corrected chi connectivity index (χ1v) is 8.35.